The van der Waals surface area contributed by atoms with Crippen LogP contribution >= 0.6 is 0 Å². The lowest BCUT2D eigenvalue weighted by atomic mass is 9.89. The van der Waals surface area contributed by atoms with Crippen LogP contribution in [0.15, 0.2) is 15.6 Å². The van der Waals surface area contributed by atoms with Crippen LogP contribution in [0, 0.1) is 12.3 Å². The molecule has 1 atom stereocenters. The van der Waals surface area contributed by atoms with Gasteiger partial charge in [0.05, 0.1) is 12.3 Å². The Morgan fingerprint density at radius 3 is 2.56 bits per heavy atom. The molecule has 7 heteroatoms. The number of nitrogens with zero attached hydrogens (tertiary/aromatic N) is 1. The molecule has 0 aliphatic rings. The number of hydrogen-bond acceptors (Lipinski definition) is 5. The lowest BCUT2D eigenvalue weighted by Crippen LogP contribution is -2.34. The zero-order valence-corrected chi connectivity index (χ0v) is 11.9. The molecule has 0 aliphatic heterocycles. The number of rotatable bonds is 5. The first-order chi connectivity index (χ1) is 8.12. The van der Waals surface area contributed by atoms with Crippen LogP contribution in [0.3, 0.4) is 0 Å². The minimum Gasteiger partial charge on any atom is -0.392 e. The van der Waals surface area contributed by atoms with Crippen molar-refractivity contribution in [3.05, 3.63) is 12.0 Å². The Balaban J connectivity index is 2.61. The summed E-state index contributed by atoms with van der Waals surface area (Å²) in [4.78, 5) is 0.00505. The molecule has 1 unspecified atom stereocenters. The third-order valence-electron chi connectivity index (χ3n) is 2.35. The Labute approximate surface area is 107 Å². The van der Waals surface area contributed by atoms with Gasteiger partial charge < -0.3 is 9.63 Å². The third-order valence-corrected chi connectivity index (χ3v) is 3.87. The largest absolute Gasteiger partial charge is 0.392 e. The monoisotopic (exact) mass is 276 g/mol. The number of sulfonamides is 1. The number of aromatic nitrogens is 1. The van der Waals surface area contributed by atoms with Gasteiger partial charge in [0.2, 0.25) is 10.0 Å². The molecule has 0 saturated heterocycles. The molecule has 0 spiro atoms. The molecule has 18 heavy (non-hydrogen) atoms. The fourth-order valence-corrected chi connectivity index (χ4v) is 2.78. The summed E-state index contributed by atoms with van der Waals surface area (Å²) in [6.45, 7) is 7.44. The van der Waals surface area contributed by atoms with Gasteiger partial charge in [0.25, 0.3) is 0 Å². The summed E-state index contributed by atoms with van der Waals surface area (Å²) < 4.78 is 30.8. The highest BCUT2D eigenvalue weighted by Gasteiger charge is 2.23. The second kappa shape index (κ2) is 5.38. The summed E-state index contributed by atoms with van der Waals surface area (Å²) in [7, 11) is -3.66. The minimum atomic E-state index is -3.66. The van der Waals surface area contributed by atoms with Crippen molar-refractivity contribution in [1.82, 2.24) is 9.88 Å². The van der Waals surface area contributed by atoms with E-state index in [9.17, 15) is 13.5 Å². The van der Waals surface area contributed by atoms with Gasteiger partial charge in [-0.15, -0.1) is 0 Å². The topological polar surface area (TPSA) is 92.4 Å². The molecule has 0 fully saturated rings. The van der Waals surface area contributed by atoms with Gasteiger partial charge in [-0.3, -0.25) is 0 Å². The van der Waals surface area contributed by atoms with Crippen LogP contribution < -0.4 is 4.72 Å². The summed E-state index contributed by atoms with van der Waals surface area (Å²) in [5, 5.41) is 13.2. The molecule has 0 bridgehead atoms. The van der Waals surface area contributed by atoms with Crippen LogP contribution in [0.25, 0.3) is 0 Å². The minimum absolute atomic E-state index is 0.00505. The van der Waals surface area contributed by atoms with E-state index in [-0.39, 0.29) is 22.6 Å². The normalized spacial score (nSPS) is 14.7. The van der Waals surface area contributed by atoms with Gasteiger partial charge >= 0.3 is 0 Å². The molecule has 1 aromatic rings. The van der Waals surface area contributed by atoms with Gasteiger partial charge in [0, 0.05) is 6.54 Å². The molecule has 1 heterocycles. The molecular formula is C11H20N2O4S. The van der Waals surface area contributed by atoms with Gasteiger partial charge in [0.15, 0.2) is 5.76 Å². The van der Waals surface area contributed by atoms with Crippen LogP contribution in [-0.2, 0) is 10.0 Å². The van der Waals surface area contributed by atoms with Crippen molar-refractivity contribution in [2.75, 3.05) is 6.54 Å². The molecule has 0 aliphatic carbocycles. The second-order valence-corrected chi connectivity index (χ2v) is 7.25. The molecular weight excluding hydrogens is 256 g/mol. The number of aliphatic hydroxyl groups excluding tert-OH is 1. The molecule has 0 radical (unpaired) electrons. The van der Waals surface area contributed by atoms with E-state index in [0.717, 1.165) is 6.20 Å². The Kier molecular flexibility index (Phi) is 4.52. The van der Waals surface area contributed by atoms with Crippen molar-refractivity contribution in [3.8, 4) is 0 Å². The maximum absolute atomic E-state index is 11.9. The van der Waals surface area contributed by atoms with Crippen molar-refractivity contribution < 1.29 is 18.0 Å². The fraction of sp³-hybridized carbons (Fsp3) is 0.727. The number of nitrogens with one attached hydrogen (secondary N) is 1. The number of aryl methyl sites for hydroxylation is 1. The Morgan fingerprint density at radius 1 is 1.50 bits per heavy atom. The summed E-state index contributed by atoms with van der Waals surface area (Å²) >= 11 is 0. The first-order valence-electron chi connectivity index (χ1n) is 5.71. The zero-order chi connectivity index (χ0) is 14.0. The number of aliphatic hydroxyl groups is 1. The SMILES string of the molecule is Cc1oncc1S(=O)(=O)NCC(O)CC(C)(C)C. The maximum Gasteiger partial charge on any atom is 0.245 e. The van der Waals surface area contributed by atoms with E-state index in [0.29, 0.717) is 6.42 Å². The highest BCUT2D eigenvalue weighted by atomic mass is 32.2. The molecule has 104 valence electrons. The van der Waals surface area contributed by atoms with E-state index in [1.165, 1.54) is 6.92 Å². The van der Waals surface area contributed by atoms with E-state index in [1.54, 1.807) is 0 Å². The van der Waals surface area contributed by atoms with E-state index in [4.69, 9.17) is 4.52 Å². The lowest BCUT2D eigenvalue weighted by Gasteiger charge is -2.22. The molecule has 1 rings (SSSR count). The number of hydrogen-bond donors (Lipinski definition) is 2. The Morgan fingerprint density at radius 2 is 2.11 bits per heavy atom. The van der Waals surface area contributed by atoms with E-state index in [2.05, 4.69) is 9.88 Å². The van der Waals surface area contributed by atoms with E-state index in [1.807, 2.05) is 20.8 Å². The van der Waals surface area contributed by atoms with Crippen LogP contribution in [0.5, 0.6) is 0 Å². The van der Waals surface area contributed by atoms with Crippen molar-refractivity contribution in [2.45, 2.75) is 45.1 Å². The van der Waals surface area contributed by atoms with Gasteiger partial charge in [0.1, 0.15) is 4.90 Å². The maximum atomic E-state index is 11.9. The highest BCUT2D eigenvalue weighted by molar-refractivity contribution is 7.89. The molecule has 0 amide bonds. The first-order valence-corrected chi connectivity index (χ1v) is 7.19. The van der Waals surface area contributed by atoms with Crippen LogP contribution in [0.1, 0.15) is 33.0 Å². The summed E-state index contributed by atoms with van der Waals surface area (Å²) in [6, 6.07) is 0. The summed E-state index contributed by atoms with van der Waals surface area (Å²) in [6.07, 6.45) is 0.936. The average Bonchev–Trinajstić information content (AvgIpc) is 2.60. The summed E-state index contributed by atoms with van der Waals surface area (Å²) in [5.74, 6) is 0.229. The Hall–Kier alpha value is -0.920. The quantitative estimate of drug-likeness (QED) is 0.839. The lowest BCUT2D eigenvalue weighted by molar-refractivity contribution is 0.125. The highest BCUT2D eigenvalue weighted by Crippen LogP contribution is 2.20. The van der Waals surface area contributed by atoms with Gasteiger partial charge in [-0.1, -0.05) is 25.9 Å². The first kappa shape index (κ1) is 15.1. The molecule has 0 aromatic carbocycles. The Bertz CT molecular complexity index is 487. The van der Waals surface area contributed by atoms with E-state index >= 15 is 0 Å². The predicted octanol–water partition coefficient (Wildman–Crippen LogP) is 1.06. The second-order valence-electron chi connectivity index (χ2n) is 5.52. The van der Waals surface area contributed by atoms with Crippen molar-refractivity contribution in [2.24, 2.45) is 5.41 Å². The van der Waals surface area contributed by atoms with Gasteiger partial charge in [-0.25, -0.2) is 13.1 Å². The van der Waals surface area contributed by atoms with Crippen LogP contribution in [0.4, 0.5) is 0 Å². The molecule has 6 nitrogen and oxygen atoms in total. The van der Waals surface area contributed by atoms with Crippen LogP contribution in [0.2, 0.25) is 0 Å². The molecule has 0 saturated carbocycles. The van der Waals surface area contributed by atoms with Gasteiger partial charge in [-0.05, 0) is 18.8 Å². The average molecular weight is 276 g/mol. The standard InChI is InChI=1S/C11H20N2O4S/c1-8-10(7-12-17-8)18(15,16)13-6-9(14)5-11(2,3)4/h7,9,13-14H,5-6H2,1-4H3. The van der Waals surface area contributed by atoms with Crippen molar-refractivity contribution >= 4 is 10.0 Å². The fourth-order valence-electron chi connectivity index (χ4n) is 1.61. The predicted molar refractivity (Wildman–Crippen MR) is 66.5 cm³/mol. The molecule has 1 aromatic heterocycles. The summed E-state index contributed by atoms with van der Waals surface area (Å²) in [5.41, 5.74) is -0.0576. The molecule has 2 N–H and O–H groups in total. The van der Waals surface area contributed by atoms with Crippen molar-refractivity contribution in [3.63, 3.8) is 0 Å². The van der Waals surface area contributed by atoms with Gasteiger partial charge in [-0.2, -0.15) is 0 Å². The smallest absolute Gasteiger partial charge is 0.245 e. The van der Waals surface area contributed by atoms with E-state index < -0.39 is 16.1 Å². The van der Waals surface area contributed by atoms with Crippen LogP contribution in [-0.4, -0.2) is 31.3 Å². The third kappa shape index (κ3) is 4.40. The van der Waals surface area contributed by atoms with Crippen molar-refractivity contribution in [1.29, 1.82) is 0 Å². The zero-order valence-electron chi connectivity index (χ0n) is 11.1.